The van der Waals surface area contributed by atoms with Gasteiger partial charge < -0.3 is 0 Å². The van der Waals surface area contributed by atoms with Crippen LogP contribution in [0.25, 0.3) is 0 Å². The van der Waals surface area contributed by atoms with Crippen molar-refractivity contribution in [2.24, 2.45) is 10.3 Å². The van der Waals surface area contributed by atoms with E-state index in [-0.39, 0.29) is 12.3 Å². The van der Waals surface area contributed by atoms with Crippen LogP contribution in [0.5, 0.6) is 0 Å². The molecule has 0 radical (unpaired) electrons. The fraction of sp³-hybridized carbons (Fsp3) is 0.400. The van der Waals surface area contributed by atoms with Crippen molar-refractivity contribution in [3.8, 4) is 0 Å². The number of halogens is 1. The van der Waals surface area contributed by atoms with Crippen LogP contribution in [0.3, 0.4) is 0 Å². The van der Waals surface area contributed by atoms with Gasteiger partial charge in [-0.3, -0.25) is 9.56 Å². The van der Waals surface area contributed by atoms with Crippen molar-refractivity contribution < 1.29 is 13.0 Å². The fourth-order valence-electron chi connectivity index (χ4n) is 1.15. The summed E-state index contributed by atoms with van der Waals surface area (Å²) in [6.07, 6.45) is 0. The van der Waals surface area contributed by atoms with E-state index in [2.05, 4.69) is 10.3 Å². The lowest BCUT2D eigenvalue weighted by molar-refractivity contribution is 0.346. The molecule has 8 heteroatoms. The lowest BCUT2D eigenvalue weighted by Gasteiger charge is -2.09. The van der Waals surface area contributed by atoms with E-state index in [1.165, 1.54) is 5.01 Å². The van der Waals surface area contributed by atoms with Gasteiger partial charge in [0, 0.05) is 12.1 Å². The molecule has 1 aromatic carbocycles. The van der Waals surface area contributed by atoms with Gasteiger partial charge in [0.15, 0.2) is 0 Å². The van der Waals surface area contributed by atoms with Gasteiger partial charge in [0.2, 0.25) is 0 Å². The summed E-state index contributed by atoms with van der Waals surface area (Å²) in [4.78, 5) is 0. The molecule has 0 spiro atoms. The minimum Gasteiger partial charge on any atom is -0.285 e. The van der Waals surface area contributed by atoms with E-state index in [9.17, 15) is 8.42 Å². The Morgan fingerprint density at radius 2 is 2.11 bits per heavy atom. The van der Waals surface area contributed by atoms with Crippen molar-refractivity contribution in [2.45, 2.75) is 6.92 Å². The number of benzene rings is 1. The normalized spacial score (nSPS) is 12.0. The van der Waals surface area contributed by atoms with Crippen LogP contribution in [0, 0.1) is 6.92 Å². The second kappa shape index (κ2) is 6.12. The third-order valence-corrected chi connectivity index (χ3v) is 3.07. The van der Waals surface area contributed by atoms with E-state index < -0.39 is 10.1 Å². The van der Waals surface area contributed by atoms with Crippen LogP contribution in [0.2, 0.25) is 5.02 Å². The molecule has 0 heterocycles. The van der Waals surface area contributed by atoms with Crippen LogP contribution in [0.4, 0.5) is 5.69 Å². The molecule has 0 amide bonds. The summed E-state index contributed by atoms with van der Waals surface area (Å²) in [5.41, 5.74) is 1.52. The average molecular weight is 292 g/mol. The van der Waals surface area contributed by atoms with Gasteiger partial charge in [-0.25, -0.2) is 0 Å². The van der Waals surface area contributed by atoms with Crippen molar-refractivity contribution in [3.63, 3.8) is 0 Å². The Morgan fingerprint density at radius 1 is 1.44 bits per heavy atom. The summed E-state index contributed by atoms with van der Waals surface area (Å²) in [5, 5.41) is 9.74. The van der Waals surface area contributed by atoms with Crippen LogP contribution in [-0.4, -0.2) is 37.3 Å². The van der Waals surface area contributed by atoms with Gasteiger partial charge >= 0.3 is 0 Å². The fourth-order valence-corrected chi connectivity index (χ4v) is 1.87. The molecule has 0 unspecified atom stereocenters. The zero-order valence-corrected chi connectivity index (χ0v) is 11.6. The van der Waals surface area contributed by atoms with Gasteiger partial charge in [0.1, 0.15) is 0 Å². The molecule has 0 aliphatic heterocycles. The third-order valence-electron chi connectivity index (χ3n) is 2.14. The first kappa shape index (κ1) is 14.9. The molecule has 1 rings (SSSR count). The summed E-state index contributed by atoms with van der Waals surface area (Å²) < 4.78 is 29.7. The first-order chi connectivity index (χ1) is 8.28. The quantitative estimate of drug-likeness (QED) is 0.513. The van der Waals surface area contributed by atoms with Crippen LogP contribution in [0.15, 0.2) is 28.5 Å². The molecule has 0 atom stereocenters. The predicted octanol–water partition coefficient (Wildman–Crippen LogP) is 2.47. The molecule has 100 valence electrons. The van der Waals surface area contributed by atoms with Crippen molar-refractivity contribution in [1.82, 2.24) is 5.01 Å². The number of hydrogen-bond acceptors (Lipinski definition) is 4. The monoisotopic (exact) mass is 291 g/mol. The standard InChI is InChI=1S/C10H14ClN3O3S/c1-8-7-9(11)3-4-10(8)12-13-14(2)5-6-18(15,16)17/h3-4,7H,5-6H2,1-2H3,(H,15,16,17). The molecule has 0 saturated heterocycles. The SMILES string of the molecule is Cc1cc(Cl)ccc1N=NN(C)CCS(=O)(=O)O. The highest BCUT2D eigenvalue weighted by molar-refractivity contribution is 7.85. The van der Waals surface area contributed by atoms with Crippen LogP contribution in [0.1, 0.15) is 5.56 Å². The third kappa shape index (κ3) is 5.44. The van der Waals surface area contributed by atoms with Gasteiger partial charge in [0.05, 0.1) is 18.0 Å². The van der Waals surface area contributed by atoms with Crippen molar-refractivity contribution in [1.29, 1.82) is 0 Å². The summed E-state index contributed by atoms with van der Waals surface area (Å²) in [7, 11) is -2.41. The topological polar surface area (TPSA) is 82.3 Å². The minimum absolute atomic E-state index is 0.0645. The second-order valence-electron chi connectivity index (χ2n) is 3.79. The maximum Gasteiger partial charge on any atom is 0.266 e. The van der Waals surface area contributed by atoms with E-state index in [1.54, 1.807) is 25.2 Å². The zero-order chi connectivity index (χ0) is 13.8. The van der Waals surface area contributed by atoms with Gasteiger partial charge in [-0.1, -0.05) is 16.8 Å². The molecule has 0 saturated carbocycles. The van der Waals surface area contributed by atoms with E-state index in [0.717, 1.165) is 5.56 Å². The molecule has 0 aliphatic carbocycles. The second-order valence-corrected chi connectivity index (χ2v) is 5.80. The highest BCUT2D eigenvalue weighted by Gasteiger charge is 2.06. The van der Waals surface area contributed by atoms with Crippen molar-refractivity contribution in [3.05, 3.63) is 28.8 Å². The van der Waals surface area contributed by atoms with E-state index in [1.807, 2.05) is 6.92 Å². The largest absolute Gasteiger partial charge is 0.285 e. The lowest BCUT2D eigenvalue weighted by Crippen LogP contribution is -2.20. The Kier molecular flexibility index (Phi) is 5.06. The van der Waals surface area contributed by atoms with Gasteiger partial charge in [-0.15, -0.1) is 5.11 Å². The van der Waals surface area contributed by atoms with Crippen LogP contribution in [-0.2, 0) is 10.1 Å². The predicted molar refractivity (Wildman–Crippen MR) is 69.8 cm³/mol. The summed E-state index contributed by atoms with van der Waals surface area (Å²) >= 11 is 5.80. The lowest BCUT2D eigenvalue weighted by atomic mass is 10.2. The highest BCUT2D eigenvalue weighted by atomic mass is 35.5. The Balaban J connectivity index is 2.63. The molecule has 0 bridgehead atoms. The minimum atomic E-state index is -3.98. The summed E-state index contributed by atoms with van der Waals surface area (Å²) in [5.74, 6) is -0.387. The number of nitrogens with zero attached hydrogens (tertiary/aromatic N) is 3. The molecular formula is C10H14ClN3O3S. The Morgan fingerprint density at radius 3 is 2.67 bits per heavy atom. The Bertz CT molecular complexity index is 545. The summed E-state index contributed by atoms with van der Waals surface area (Å²) in [6, 6.07) is 5.17. The molecule has 18 heavy (non-hydrogen) atoms. The smallest absolute Gasteiger partial charge is 0.266 e. The molecule has 6 nitrogen and oxygen atoms in total. The maximum absolute atomic E-state index is 10.5. The highest BCUT2D eigenvalue weighted by Crippen LogP contribution is 2.22. The average Bonchev–Trinajstić information content (AvgIpc) is 2.24. The molecular weight excluding hydrogens is 278 g/mol. The number of rotatable bonds is 5. The molecule has 0 fully saturated rings. The van der Waals surface area contributed by atoms with Crippen LogP contribution < -0.4 is 0 Å². The summed E-state index contributed by atoms with van der Waals surface area (Å²) in [6.45, 7) is 1.91. The first-order valence-electron chi connectivity index (χ1n) is 5.12. The van der Waals surface area contributed by atoms with E-state index in [0.29, 0.717) is 10.7 Å². The first-order valence-corrected chi connectivity index (χ1v) is 7.11. The number of hydrogen-bond donors (Lipinski definition) is 1. The molecule has 1 N–H and O–H groups in total. The van der Waals surface area contributed by atoms with E-state index in [4.69, 9.17) is 16.2 Å². The number of aryl methyl sites for hydroxylation is 1. The van der Waals surface area contributed by atoms with Gasteiger partial charge in [-0.2, -0.15) is 8.42 Å². The van der Waals surface area contributed by atoms with E-state index >= 15 is 0 Å². The van der Waals surface area contributed by atoms with Crippen molar-refractivity contribution >= 4 is 27.4 Å². The van der Waals surface area contributed by atoms with Crippen LogP contribution >= 0.6 is 11.6 Å². The van der Waals surface area contributed by atoms with Crippen molar-refractivity contribution in [2.75, 3.05) is 19.3 Å². The van der Waals surface area contributed by atoms with Gasteiger partial charge in [-0.05, 0) is 30.7 Å². The molecule has 0 aromatic heterocycles. The van der Waals surface area contributed by atoms with Gasteiger partial charge in [0.25, 0.3) is 10.1 Å². The zero-order valence-electron chi connectivity index (χ0n) is 10.0. The Labute approximate surface area is 111 Å². The molecule has 0 aliphatic rings. The molecule has 1 aromatic rings. The maximum atomic E-state index is 10.5. The Hall–Kier alpha value is -1.18.